The van der Waals surface area contributed by atoms with E-state index in [9.17, 15) is 9.90 Å². The molecular weight excluding hydrogens is 159 g/mol. The summed E-state index contributed by atoms with van der Waals surface area (Å²) in [6, 6.07) is 0. The molecule has 3 nitrogen and oxygen atoms in total. The van der Waals surface area contributed by atoms with E-state index in [-0.39, 0.29) is 64.2 Å². The Labute approximate surface area is 103 Å². The molecule has 0 aliphatic rings. The van der Waals surface area contributed by atoms with Crippen LogP contribution in [0.15, 0.2) is 0 Å². The Morgan fingerprint density at radius 3 is 2.10 bits per heavy atom. The van der Waals surface area contributed by atoms with Crippen LogP contribution < -0.4 is 56.5 Å². The summed E-state index contributed by atoms with van der Waals surface area (Å²) in [5.41, 5.74) is -0.889. The van der Waals surface area contributed by atoms with E-state index >= 15 is 0 Å². The second-order valence-corrected chi connectivity index (χ2v) is 2.68. The van der Waals surface area contributed by atoms with Gasteiger partial charge in [-0.25, -0.2) is 0 Å². The van der Waals surface area contributed by atoms with E-state index in [2.05, 4.69) is 0 Å². The number of aliphatic hydroxyl groups is 1. The quantitative estimate of drug-likeness (QED) is 0.443. The molecule has 0 saturated heterocycles. The van der Waals surface area contributed by atoms with Gasteiger partial charge in [0.1, 0.15) is 0 Å². The van der Waals surface area contributed by atoms with Gasteiger partial charge < -0.3 is 15.0 Å². The summed E-state index contributed by atoms with van der Waals surface area (Å²) >= 11 is 0. The predicted octanol–water partition coefficient (Wildman–Crippen LogP) is -3.71. The molecule has 0 atom stereocenters. The summed E-state index contributed by atoms with van der Waals surface area (Å²) in [6.07, 6.45) is 0.166. The van der Waals surface area contributed by atoms with E-state index in [0.29, 0.717) is 0 Å². The van der Waals surface area contributed by atoms with Gasteiger partial charge in [-0.3, -0.25) is 0 Å². The van der Waals surface area contributed by atoms with Gasteiger partial charge in [-0.1, -0.05) is 0 Å². The molecule has 54 valence electrons. The van der Waals surface area contributed by atoms with Crippen LogP contribution in [0.5, 0.6) is 0 Å². The van der Waals surface area contributed by atoms with Gasteiger partial charge in [-0.2, -0.15) is 0 Å². The van der Waals surface area contributed by atoms with Gasteiger partial charge in [0.05, 0.1) is 5.60 Å². The molecule has 0 bridgehead atoms. The number of rotatable bonds is 3. The third kappa shape index (κ3) is 11.8. The molecule has 0 aromatic carbocycles. The van der Waals surface area contributed by atoms with Crippen LogP contribution >= 0.6 is 0 Å². The summed E-state index contributed by atoms with van der Waals surface area (Å²) in [5, 5.41) is 18.8. The smallest absolute Gasteiger partial charge is 0.550 e. The zero-order valence-electron chi connectivity index (χ0n) is 6.68. The molecule has 4 heteroatoms. The number of carbonyl (C=O) groups excluding carboxylic acids is 1. The summed E-state index contributed by atoms with van der Waals surface area (Å²) < 4.78 is 0. The molecule has 0 aromatic rings. The SMILES string of the molecule is CC(C)(O)CCC(=O)[O-].[K+]. The van der Waals surface area contributed by atoms with Gasteiger partial charge in [-0.05, 0) is 26.7 Å². The second-order valence-electron chi connectivity index (χ2n) is 2.68. The fourth-order valence-corrected chi connectivity index (χ4v) is 0.408. The largest absolute Gasteiger partial charge is 1.00 e. The normalized spacial score (nSPS) is 10.3. The van der Waals surface area contributed by atoms with Crippen molar-refractivity contribution in [1.82, 2.24) is 0 Å². The third-order valence-electron chi connectivity index (χ3n) is 0.941. The van der Waals surface area contributed by atoms with Gasteiger partial charge in [-0.15, -0.1) is 0 Å². The van der Waals surface area contributed by atoms with Crippen molar-refractivity contribution in [3.63, 3.8) is 0 Å². The molecule has 0 aromatic heterocycles. The Morgan fingerprint density at radius 1 is 1.60 bits per heavy atom. The topological polar surface area (TPSA) is 60.4 Å². The zero-order chi connectivity index (χ0) is 7.49. The van der Waals surface area contributed by atoms with Crippen molar-refractivity contribution in [2.75, 3.05) is 0 Å². The molecule has 0 heterocycles. The zero-order valence-corrected chi connectivity index (χ0v) is 9.80. The number of aliphatic carboxylic acids is 1. The average Bonchev–Trinajstić information content (AvgIpc) is 1.59. The van der Waals surface area contributed by atoms with Crippen LogP contribution in [0.4, 0.5) is 0 Å². The van der Waals surface area contributed by atoms with E-state index in [4.69, 9.17) is 5.11 Å². The molecule has 0 unspecified atom stereocenters. The number of carboxylic acid groups (broad SMARTS) is 1. The third-order valence-corrected chi connectivity index (χ3v) is 0.941. The van der Waals surface area contributed by atoms with Crippen molar-refractivity contribution in [3.8, 4) is 0 Å². The van der Waals surface area contributed by atoms with Crippen molar-refractivity contribution < 1.29 is 66.4 Å². The standard InChI is InChI=1S/C6H12O3.K/c1-6(2,9)4-3-5(7)8;/h9H,3-4H2,1-2H3,(H,7,8);/q;+1/p-1. The molecule has 0 spiro atoms. The first-order valence-corrected chi connectivity index (χ1v) is 2.84. The van der Waals surface area contributed by atoms with E-state index < -0.39 is 11.6 Å². The number of hydrogen-bond acceptors (Lipinski definition) is 3. The fraction of sp³-hybridized carbons (Fsp3) is 0.833. The summed E-state index contributed by atoms with van der Waals surface area (Å²) in [5.74, 6) is -1.11. The van der Waals surface area contributed by atoms with Gasteiger partial charge in [0.25, 0.3) is 0 Å². The first kappa shape index (κ1) is 13.6. The maximum atomic E-state index is 9.82. The molecular formula is C6H11KO3. The monoisotopic (exact) mass is 170 g/mol. The Balaban J connectivity index is 0. The fourth-order valence-electron chi connectivity index (χ4n) is 0.408. The van der Waals surface area contributed by atoms with Gasteiger partial charge in [0.15, 0.2) is 0 Å². The Kier molecular flexibility index (Phi) is 7.75. The average molecular weight is 170 g/mol. The van der Waals surface area contributed by atoms with Crippen LogP contribution in [0.25, 0.3) is 0 Å². The number of carbonyl (C=O) groups is 1. The van der Waals surface area contributed by atoms with Crippen molar-refractivity contribution in [2.24, 2.45) is 0 Å². The molecule has 1 N–H and O–H groups in total. The minimum absolute atomic E-state index is 0. The maximum absolute atomic E-state index is 9.82. The van der Waals surface area contributed by atoms with Crippen LogP contribution in [0, 0.1) is 0 Å². The number of carboxylic acids is 1. The van der Waals surface area contributed by atoms with Crippen molar-refractivity contribution in [3.05, 3.63) is 0 Å². The Hall–Kier alpha value is 1.07. The molecule has 0 aliphatic carbocycles. The molecule has 0 saturated carbocycles. The molecule has 0 fully saturated rings. The first-order valence-electron chi connectivity index (χ1n) is 2.84. The molecule has 0 aliphatic heterocycles. The van der Waals surface area contributed by atoms with E-state index in [1.807, 2.05) is 0 Å². The maximum Gasteiger partial charge on any atom is 1.00 e. The second kappa shape index (κ2) is 5.68. The van der Waals surface area contributed by atoms with Crippen LogP contribution in [0.1, 0.15) is 26.7 Å². The number of hydrogen-bond donors (Lipinski definition) is 1. The summed E-state index contributed by atoms with van der Waals surface area (Å²) in [4.78, 5) is 9.82. The van der Waals surface area contributed by atoms with E-state index in [1.54, 1.807) is 13.8 Å². The van der Waals surface area contributed by atoms with Crippen molar-refractivity contribution in [1.29, 1.82) is 0 Å². The van der Waals surface area contributed by atoms with E-state index in [1.165, 1.54) is 0 Å². The van der Waals surface area contributed by atoms with Crippen LogP contribution in [0.2, 0.25) is 0 Å². The Morgan fingerprint density at radius 2 is 2.00 bits per heavy atom. The molecule has 10 heavy (non-hydrogen) atoms. The van der Waals surface area contributed by atoms with E-state index in [0.717, 1.165) is 0 Å². The van der Waals surface area contributed by atoms with Crippen LogP contribution in [-0.2, 0) is 4.79 Å². The van der Waals surface area contributed by atoms with Crippen molar-refractivity contribution >= 4 is 5.97 Å². The minimum Gasteiger partial charge on any atom is -0.550 e. The van der Waals surface area contributed by atoms with Crippen molar-refractivity contribution in [2.45, 2.75) is 32.3 Å². The van der Waals surface area contributed by atoms with Crippen LogP contribution in [-0.4, -0.2) is 16.7 Å². The molecule has 0 radical (unpaired) electrons. The Bertz CT molecular complexity index is 106. The molecule has 0 amide bonds. The van der Waals surface area contributed by atoms with Gasteiger partial charge in [0, 0.05) is 5.97 Å². The summed E-state index contributed by atoms with van der Waals surface area (Å²) in [7, 11) is 0. The summed E-state index contributed by atoms with van der Waals surface area (Å²) in [6.45, 7) is 3.13. The molecule has 0 rings (SSSR count). The van der Waals surface area contributed by atoms with Crippen LogP contribution in [0.3, 0.4) is 0 Å². The van der Waals surface area contributed by atoms with Gasteiger partial charge >= 0.3 is 51.4 Å². The predicted molar refractivity (Wildman–Crippen MR) is 30.5 cm³/mol. The minimum atomic E-state index is -1.11. The first-order chi connectivity index (χ1) is 3.92. The van der Waals surface area contributed by atoms with Gasteiger partial charge in [0.2, 0.25) is 0 Å².